The molecule has 1 aliphatic rings. The molecule has 0 aromatic heterocycles. The van der Waals surface area contributed by atoms with Gasteiger partial charge in [0.15, 0.2) is 0 Å². The molecule has 1 atom stereocenters. The second-order valence-corrected chi connectivity index (χ2v) is 6.11. The van der Waals surface area contributed by atoms with Gasteiger partial charge in [-0.25, -0.2) is 4.79 Å². The Kier molecular flexibility index (Phi) is 4.55. The molecule has 2 N–H and O–H groups in total. The number of hydrogen-bond donors (Lipinski definition) is 2. The molecule has 7 heteroatoms. The van der Waals surface area contributed by atoms with E-state index in [0.29, 0.717) is 23.8 Å². The van der Waals surface area contributed by atoms with Crippen LogP contribution in [0.2, 0.25) is 5.02 Å². The van der Waals surface area contributed by atoms with E-state index in [1.54, 1.807) is 30.0 Å². The Hall–Kier alpha value is -1.27. The van der Waals surface area contributed by atoms with Crippen LogP contribution in [0.25, 0.3) is 0 Å². The third-order valence-corrected chi connectivity index (χ3v) is 4.70. The van der Waals surface area contributed by atoms with E-state index in [2.05, 4.69) is 21.2 Å². The molecule has 1 fully saturated rings. The maximum absolute atomic E-state index is 11.9. The summed E-state index contributed by atoms with van der Waals surface area (Å²) in [5.41, 5.74) is 0.609. The van der Waals surface area contributed by atoms with Crippen molar-refractivity contribution < 1.29 is 14.7 Å². The number of anilines is 1. The van der Waals surface area contributed by atoms with Crippen molar-refractivity contribution in [1.82, 2.24) is 4.90 Å². The first-order valence-electron chi connectivity index (χ1n) is 6.12. The highest BCUT2D eigenvalue weighted by Gasteiger charge is 2.37. The number of halogens is 2. The van der Waals surface area contributed by atoms with Crippen LogP contribution in [-0.4, -0.2) is 35.1 Å². The number of likely N-dealkylation sites (tertiary alicyclic amines) is 1. The van der Waals surface area contributed by atoms with Gasteiger partial charge in [-0.2, -0.15) is 0 Å². The van der Waals surface area contributed by atoms with Crippen molar-refractivity contribution in [2.45, 2.75) is 6.92 Å². The molecule has 1 aromatic carbocycles. The number of aliphatic carboxylic acids is 1. The summed E-state index contributed by atoms with van der Waals surface area (Å²) in [7, 11) is 0. The first-order chi connectivity index (χ1) is 9.38. The molecule has 0 saturated carbocycles. The van der Waals surface area contributed by atoms with Crippen LogP contribution in [0.3, 0.4) is 0 Å². The molecule has 1 heterocycles. The zero-order chi connectivity index (χ0) is 14.9. The maximum Gasteiger partial charge on any atom is 0.321 e. The van der Waals surface area contributed by atoms with Crippen LogP contribution in [0.4, 0.5) is 10.5 Å². The van der Waals surface area contributed by atoms with E-state index in [0.717, 1.165) is 4.47 Å². The molecule has 20 heavy (non-hydrogen) atoms. The Bertz CT molecular complexity index is 546. The minimum absolute atomic E-state index is 0.0201. The van der Waals surface area contributed by atoms with Crippen LogP contribution >= 0.6 is 27.5 Å². The van der Waals surface area contributed by atoms with Crippen molar-refractivity contribution in [2.24, 2.45) is 11.8 Å². The van der Waals surface area contributed by atoms with Gasteiger partial charge in [0, 0.05) is 29.2 Å². The first-order valence-corrected chi connectivity index (χ1v) is 7.29. The highest BCUT2D eigenvalue weighted by atomic mass is 79.9. The van der Waals surface area contributed by atoms with Gasteiger partial charge in [0.25, 0.3) is 0 Å². The van der Waals surface area contributed by atoms with Crippen molar-refractivity contribution >= 4 is 45.2 Å². The quantitative estimate of drug-likeness (QED) is 0.868. The van der Waals surface area contributed by atoms with Crippen molar-refractivity contribution in [1.29, 1.82) is 0 Å². The molecule has 1 unspecified atom stereocenters. The normalized spacial score (nSPS) is 16.4. The average Bonchev–Trinajstić information content (AvgIpc) is 2.31. The van der Waals surface area contributed by atoms with Gasteiger partial charge in [-0.15, -0.1) is 0 Å². The van der Waals surface area contributed by atoms with Gasteiger partial charge in [0.1, 0.15) is 0 Å². The fourth-order valence-corrected chi connectivity index (χ4v) is 2.40. The van der Waals surface area contributed by atoms with E-state index >= 15 is 0 Å². The zero-order valence-corrected chi connectivity index (χ0v) is 13.1. The van der Waals surface area contributed by atoms with Gasteiger partial charge in [-0.1, -0.05) is 18.5 Å². The van der Waals surface area contributed by atoms with E-state index < -0.39 is 11.9 Å². The van der Waals surface area contributed by atoms with E-state index in [1.807, 2.05) is 0 Å². The Morgan fingerprint density at radius 2 is 2.15 bits per heavy atom. The highest BCUT2D eigenvalue weighted by Crippen LogP contribution is 2.27. The fraction of sp³-hybridized carbons (Fsp3) is 0.385. The summed E-state index contributed by atoms with van der Waals surface area (Å²) < 4.78 is 0.761. The van der Waals surface area contributed by atoms with Crippen molar-refractivity contribution in [3.63, 3.8) is 0 Å². The molecule has 5 nitrogen and oxygen atoms in total. The summed E-state index contributed by atoms with van der Waals surface area (Å²) in [5, 5.41) is 12.1. The van der Waals surface area contributed by atoms with Gasteiger partial charge in [-0.3, -0.25) is 4.79 Å². The van der Waals surface area contributed by atoms with Crippen LogP contribution in [0.5, 0.6) is 0 Å². The van der Waals surface area contributed by atoms with E-state index in [-0.39, 0.29) is 11.9 Å². The molecule has 2 amide bonds. The Morgan fingerprint density at radius 1 is 1.50 bits per heavy atom. The molecular weight excluding hydrogens is 348 g/mol. The lowest BCUT2D eigenvalue weighted by Gasteiger charge is -2.41. The van der Waals surface area contributed by atoms with Crippen molar-refractivity contribution in [3.8, 4) is 0 Å². The second-order valence-electron chi connectivity index (χ2n) is 4.85. The SMILES string of the molecule is CC(C(=O)O)C1CN(C(=O)Nc2ccc(Br)c(Cl)c2)C1. The standard InChI is InChI=1S/C13H14BrClN2O3/c1-7(12(18)19)8-5-17(6-8)13(20)16-9-2-3-10(14)11(15)4-9/h2-4,7-8H,5-6H2,1H3,(H,16,20)(H,18,19). The summed E-state index contributed by atoms with van der Waals surface area (Å²) in [5.74, 6) is -1.23. The monoisotopic (exact) mass is 360 g/mol. The van der Waals surface area contributed by atoms with Crippen molar-refractivity contribution in [3.05, 3.63) is 27.7 Å². The van der Waals surface area contributed by atoms with Gasteiger partial charge in [0.05, 0.1) is 10.9 Å². The summed E-state index contributed by atoms with van der Waals surface area (Å²) >= 11 is 9.22. The summed E-state index contributed by atoms with van der Waals surface area (Å²) in [4.78, 5) is 24.4. The molecule has 1 saturated heterocycles. The van der Waals surface area contributed by atoms with Crippen LogP contribution in [0, 0.1) is 11.8 Å². The van der Waals surface area contributed by atoms with Gasteiger partial charge in [0.2, 0.25) is 0 Å². The number of nitrogens with one attached hydrogen (secondary N) is 1. The van der Waals surface area contributed by atoms with Crippen LogP contribution < -0.4 is 5.32 Å². The lowest BCUT2D eigenvalue weighted by Crippen LogP contribution is -2.54. The predicted octanol–water partition coefficient (Wildman–Crippen LogP) is 3.29. The lowest BCUT2D eigenvalue weighted by molar-refractivity contribution is -0.144. The third-order valence-electron chi connectivity index (χ3n) is 3.46. The number of carboxylic acid groups (broad SMARTS) is 1. The minimum Gasteiger partial charge on any atom is -0.481 e. The van der Waals surface area contributed by atoms with Gasteiger partial charge >= 0.3 is 12.0 Å². The molecule has 1 aliphatic heterocycles. The molecule has 0 bridgehead atoms. The molecule has 0 spiro atoms. The molecule has 2 rings (SSSR count). The van der Waals surface area contributed by atoms with Gasteiger partial charge in [-0.05, 0) is 34.1 Å². The largest absolute Gasteiger partial charge is 0.481 e. The maximum atomic E-state index is 11.9. The minimum atomic E-state index is -0.824. The summed E-state index contributed by atoms with van der Waals surface area (Å²) in [6.07, 6.45) is 0. The zero-order valence-electron chi connectivity index (χ0n) is 10.8. The Balaban J connectivity index is 1.88. The molecule has 0 radical (unpaired) electrons. The number of carbonyl (C=O) groups excluding carboxylic acids is 1. The first kappa shape index (κ1) is 15.1. The summed E-state index contributed by atoms with van der Waals surface area (Å²) in [6.45, 7) is 2.59. The van der Waals surface area contributed by atoms with Crippen molar-refractivity contribution in [2.75, 3.05) is 18.4 Å². The molecule has 108 valence electrons. The Morgan fingerprint density at radius 3 is 2.70 bits per heavy atom. The second kappa shape index (κ2) is 6.01. The third kappa shape index (κ3) is 3.24. The smallest absolute Gasteiger partial charge is 0.321 e. The number of carboxylic acids is 1. The lowest BCUT2D eigenvalue weighted by atomic mass is 9.87. The van der Waals surface area contributed by atoms with E-state index in [9.17, 15) is 9.59 Å². The average molecular weight is 362 g/mol. The highest BCUT2D eigenvalue weighted by molar-refractivity contribution is 9.10. The van der Waals surface area contributed by atoms with Crippen LogP contribution in [0.1, 0.15) is 6.92 Å². The van der Waals surface area contributed by atoms with Crippen LogP contribution in [0.15, 0.2) is 22.7 Å². The van der Waals surface area contributed by atoms with E-state index in [4.69, 9.17) is 16.7 Å². The van der Waals surface area contributed by atoms with Gasteiger partial charge < -0.3 is 15.3 Å². The number of nitrogens with zero attached hydrogens (tertiary/aromatic N) is 1. The number of amides is 2. The molecule has 0 aliphatic carbocycles. The number of benzene rings is 1. The topological polar surface area (TPSA) is 69.6 Å². The summed E-state index contributed by atoms with van der Waals surface area (Å²) in [6, 6.07) is 4.91. The molecule has 1 aromatic rings. The number of rotatable bonds is 3. The number of carbonyl (C=O) groups is 2. The predicted molar refractivity (Wildman–Crippen MR) is 80.0 cm³/mol. The van der Waals surface area contributed by atoms with E-state index in [1.165, 1.54) is 0 Å². The fourth-order valence-electron chi connectivity index (χ4n) is 1.97. The Labute approximate surface area is 130 Å². The number of hydrogen-bond acceptors (Lipinski definition) is 2. The number of urea groups is 1. The van der Waals surface area contributed by atoms with Crippen LogP contribution in [-0.2, 0) is 4.79 Å². The molecular formula is C13H14BrClN2O3.